The molecule has 4 saturated carbocycles. The Labute approximate surface area is 838 Å². The van der Waals surface area contributed by atoms with Crippen LogP contribution in [0, 0.1) is 23.7 Å². The molecule has 0 amide bonds. The number of phenols is 1. The quantitative estimate of drug-likeness (QED) is 0.0266. The van der Waals surface area contributed by atoms with Crippen molar-refractivity contribution in [2.75, 3.05) is 28.2 Å². The van der Waals surface area contributed by atoms with Crippen LogP contribution in [0.15, 0.2) is 146 Å². The maximum Gasteiger partial charge on any atom is 0.248 e. The van der Waals surface area contributed by atoms with Crippen LogP contribution in [-0.4, -0.2) is 338 Å². The molecule has 12 aliphatic rings. The third-order valence-electron chi connectivity index (χ3n) is 33.1. The minimum atomic E-state index is -2.19. The van der Waals surface area contributed by atoms with Crippen molar-refractivity contribution < 1.29 is 148 Å². The molecule has 0 aromatic heterocycles. The smallest absolute Gasteiger partial charge is 0.248 e. The third-order valence-corrected chi connectivity index (χ3v) is 33.1. The van der Waals surface area contributed by atoms with E-state index in [1.54, 1.807) is 66.3 Å². The van der Waals surface area contributed by atoms with E-state index in [2.05, 4.69) is 88.0 Å². The Kier molecular flexibility index (Phi) is 35.6. The lowest BCUT2D eigenvalue weighted by Crippen LogP contribution is -2.78. The van der Waals surface area contributed by atoms with Crippen LogP contribution < -0.4 is 21.3 Å². The largest absolute Gasteiger partial charge is 0.508 e. The van der Waals surface area contributed by atoms with E-state index in [4.69, 9.17) is 56.8 Å². The molecule has 4 aliphatic carbocycles. The van der Waals surface area contributed by atoms with Crippen molar-refractivity contribution in [3.05, 3.63) is 173 Å². The summed E-state index contributed by atoms with van der Waals surface area (Å²) in [5.74, 6) is -10.1. The van der Waals surface area contributed by atoms with Gasteiger partial charge in [0.1, 0.15) is 77.0 Å². The number of aromatic hydroxyl groups is 1. The number of carbonyl (C=O) groups is 1. The highest BCUT2D eigenvalue weighted by molar-refractivity contribution is 5.96. The predicted molar refractivity (Wildman–Crippen MR) is 526 cm³/mol. The number of benzene rings is 6. The second-order valence-electron chi connectivity index (χ2n) is 42.4. The van der Waals surface area contributed by atoms with Crippen LogP contribution in [0.2, 0.25) is 0 Å². The number of phenolic OH excluding ortho intramolecular Hbond substituents is 1. The SMILES string of the molecule is CCC(=O)c1cccc(CCC[C@]2(O)C[C@@H](C)OC3OC4C(O[C@]32O)[C@@H](NC)[C@@H](O)[C@@H](CC)[C@@H]4O)c1.CC[C@@H]1[C@H](O)[C@H](NC)C2O[C@]3(O)C(OC2[C@H]1O)O[C@H](C)C[C@@]3(O)CCCc1ccc(-c2ccccc2)cc1.CC[C@@H]1[C@H](O)[C@H](NC)C2O[C@]3(O)C(OC2[C@H]1O)O[C@H](C)C[C@@]3(O)CCCc1ccc2ccccc2c1.CC[C@@H]1[C@H](O)[C@H](NC)C2O[C@]3(O)C(OC2[C@H]1O)O[C@H](C)C[C@@]3(O)CCCc1cccc(O)c1. The molecule has 21 N–H and O–H groups in total. The number of hydrogen-bond donors (Lipinski definition) is 21. The molecule has 794 valence electrons. The van der Waals surface area contributed by atoms with Gasteiger partial charge in [-0.2, -0.15) is 0 Å². The minimum Gasteiger partial charge on any atom is -0.508 e. The Hall–Kier alpha value is -6.23. The van der Waals surface area contributed by atoms with Crippen molar-refractivity contribution in [1.82, 2.24) is 21.3 Å². The fourth-order valence-electron chi connectivity index (χ4n) is 25.2. The van der Waals surface area contributed by atoms with Crippen LogP contribution in [-0.2, 0) is 82.5 Å². The lowest BCUT2D eigenvalue weighted by molar-refractivity contribution is -0.485. The number of aryl methyl sites for hydroxylation is 4. The molecule has 8 heterocycles. The maximum atomic E-state index is 12.1. The van der Waals surface area contributed by atoms with Gasteiger partial charge in [-0.3, -0.25) is 4.79 Å². The molecule has 12 fully saturated rings. The predicted octanol–water partition coefficient (Wildman–Crippen LogP) is 5.91. The average molecular weight is 2000 g/mol. The third kappa shape index (κ3) is 21.8. The van der Waals surface area contributed by atoms with Gasteiger partial charge >= 0.3 is 0 Å². The number of ether oxygens (including phenoxy) is 12. The van der Waals surface area contributed by atoms with Gasteiger partial charge in [0.05, 0.1) is 97.4 Å². The molecule has 34 heteroatoms. The summed E-state index contributed by atoms with van der Waals surface area (Å²) in [5.41, 5.74) is 0.524. The Morgan fingerprint density at radius 2 is 0.608 bits per heavy atom. The van der Waals surface area contributed by atoms with Gasteiger partial charge in [0.25, 0.3) is 0 Å². The van der Waals surface area contributed by atoms with Gasteiger partial charge < -0.3 is 165 Å². The number of ketones is 1. The first kappa shape index (κ1) is 111. The molecule has 0 radical (unpaired) electrons. The highest BCUT2D eigenvalue weighted by Gasteiger charge is 2.74. The number of aliphatic hydroxyl groups is 16. The van der Waals surface area contributed by atoms with Crippen molar-refractivity contribution in [1.29, 1.82) is 0 Å². The summed E-state index contributed by atoms with van der Waals surface area (Å²) in [7, 11) is 6.75. The first-order valence-corrected chi connectivity index (χ1v) is 52.0. The second kappa shape index (κ2) is 45.9. The zero-order valence-electron chi connectivity index (χ0n) is 84.6. The number of carbonyl (C=O) groups excluding carboxylic acids is 1. The molecule has 0 bridgehead atoms. The van der Waals surface area contributed by atoms with Gasteiger partial charge in [-0.1, -0.05) is 162 Å². The van der Waals surface area contributed by atoms with Gasteiger partial charge in [0.2, 0.25) is 48.3 Å². The molecule has 8 aliphatic heterocycles. The van der Waals surface area contributed by atoms with Crippen molar-refractivity contribution in [2.24, 2.45) is 23.7 Å². The summed E-state index contributed by atoms with van der Waals surface area (Å²) in [6.45, 7) is 16.6. The lowest BCUT2D eigenvalue weighted by Gasteiger charge is -2.60. The van der Waals surface area contributed by atoms with Crippen LogP contribution in [0.1, 0.15) is 204 Å². The molecule has 6 aromatic rings. The van der Waals surface area contributed by atoms with Crippen LogP contribution in [0.25, 0.3) is 21.9 Å². The number of likely N-dealkylation sites (N-methyl/N-ethyl adjacent to an activating group) is 4. The maximum absolute atomic E-state index is 12.1. The molecule has 6 aromatic carbocycles. The summed E-state index contributed by atoms with van der Waals surface area (Å²) in [6.07, 6.45) is -12.1. The molecule has 143 heavy (non-hydrogen) atoms. The van der Waals surface area contributed by atoms with Gasteiger partial charge in [-0.25, -0.2) is 0 Å². The first-order chi connectivity index (χ1) is 68.1. The highest BCUT2D eigenvalue weighted by Crippen LogP contribution is 2.56. The van der Waals surface area contributed by atoms with Gasteiger partial charge in [-0.05, 0) is 221 Å². The molecule has 8 saturated heterocycles. The normalized spacial score (nSPS) is 42.7. The van der Waals surface area contributed by atoms with Crippen LogP contribution in [0.3, 0.4) is 0 Å². The lowest BCUT2D eigenvalue weighted by atomic mass is 9.73. The van der Waals surface area contributed by atoms with Gasteiger partial charge in [-0.15, -0.1) is 0 Å². The number of fused-ring (bicyclic) bond motifs is 9. The summed E-state index contributed by atoms with van der Waals surface area (Å²) < 4.78 is 72.8. The fraction of sp³-hybridized carbons (Fsp3) is 0.679. The molecular formula is C109H158N4O30. The van der Waals surface area contributed by atoms with Crippen molar-refractivity contribution in [3.8, 4) is 16.9 Å². The summed E-state index contributed by atoms with van der Waals surface area (Å²) >= 11 is 0. The van der Waals surface area contributed by atoms with Crippen LogP contribution in [0.5, 0.6) is 5.75 Å². The molecular weight excluding hydrogens is 1850 g/mol. The molecule has 12 unspecified atom stereocenters. The van der Waals surface area contributed by atoms with E-state index >= 15 is 0 Å². The first-order valence-electron chi connectivity index (χ1n) is 52.0. The zero-order valence-corrected chi connectivity index (χ0v) is 84.6. The van der Waals surface area contributed by atoms with E-state index in [1.165, 1.54) is 10.8 Å². The number of hydrogen-bond acceptors (Lipinski definition) is 34. The fourth-order valence-corrected chi connectivity index (χ4v) is 25.2. The summed E-state index contributed by atoms with van der Waals surface area (Å²) in [6, 6.07) is 45.1. The Bertz CT molecular complexity index is 5120. The number of Topliss-reactive ketones (excluding diaryl/α,β-unsaturated/α-hetero) is 1. The number of rotatable bonds is 27. The topological polar surface area (TPSA) is 520 Å². The van der Waals surface area contributed by atoms with E-state index in [0.717, 1.165) is 46.2 Å². The highest BCUT2D eigenvalue weighted by atomic mass is 16.8. The number of nitrogens with one attached hydrogen (secondary N) is 4. The molecule has 40 atom stereocenters. The van der Waals surface area contributed by atoms with E-state index in [9.17, 15) is 91.6 Å². The summed E-state index contributed by atoms with van der Waals surface area (Å²) in [4.78, 5) is 12.1. The van der Waals surface area contributed by atoms with Crippen molar-refractivity contribution in [2.45, 2.75) is 414 Å². The Balaban J connectivity index is 0.000000144. The van der Waals surface area contributed by atoms with E-state index < -0.39 is 228 Å². The van der Waals surface area contributed by atoms with E-state index in [0.29, 0.717) is 76.2 Å². The van der Waals surface area contributed by atoms with Crippen LogP contribution >= 0.6 is 0 Å². The van der Waals surface area contributed by atoms with Crippen molar-refractivity contribution >= 4 is 16.6 Å². The standard InChI is InChI=1S/C30H41NO7.C28H39NO7.C27H41NO8.C24H37NO8/c1-4-22-24(32)23(31-3)26-27(25(22)33)37-28-30(35,38-26)29(34,17-18(2)36-28)16-8-9-19-12-14-21(15-13-19)20-10-6-5-7-11-20;1-4-20-22(30)21(29-3)24-25(23(20)31)35-26-28(33,36-24)27(32,15-16(2)34-26)13-7-8-17-11-12-18-9-5-6-10-19(18)14-17;1-5-18-21(30)20(28-4)23-24(22(18)31)35-25-27(33,36-23)26(32,14-15(3)34-25)12-8-10-16-9-7-11-17(13-16)19(29)6-2;1-4-16-18(27)17(25-3)20-21(19(16)28)32-22-24(30,33-20)23(29,12-13(2)31-22)10-6-8-14-7-5-9-15(26)11-14/h5-7,10-15,18,22-28,31-35H,4,8-9,16-17H2,1-3H3;5-6,9-12,14,16,20-26,29-33H,4,7-8,13,15H2,1-3H3;7,9,11,13,15,18,20-25,28,30-33H,5-6,8,10,12,14H2,1-4H3;5,7,9,11,13,16-22,25-30H,4,6,8,10,12H2,1-3H3/t18-,22-,23+,24+,25+,26?,27?,28?,29+,30-;16-,20-,21+,22+,23+,24?,25?,26?,27+,28-;15-,18-,20+,21+,22+,23?,24?,25?,26+,27-;13-,16-,17+,18+,19+,20?,21?,22?,23+,24-/m1111/s1. The minimum absolute atomic E-state index is 0.0782. The average Bonchev–Trinajstić information content (AvgIpc) is 0.724. The van der Waals surface area contributed by atoms with Crippen molar-refractivity contribution in [3.63, 3.8) is 0 Å². The van der Waals surface area contributed by atoms with Crippen LogP contribution in [0.4, 0.5) is 0 Å². The Morgan fingerprint density at radius 1 is 0.315 bits per heavy atom. The van der Waals surface area contributed by atoms with E-state index in [-0.39, 0.29) is 75.1 Å². The Morgan fingerprint density at radius 3 is 0.930 bits per heavy atom. The monoisotopic (exact) mass is 2000 g/mol. The molecule has 18 rings (SSSR count). The van der Waals surface area contributed by atoms with Gasteiger partial charge in [0.15, 0.2) is 5.78 Å². The molecule has 34 nitrogen and oxygen atoms in total. The zero-order chi connectivity index (χ0) is 103. The number of aliphatic hydroxyl groups excluding tert-OH is 8. The van der Waals surface area contributed by atoms with Gasteiger partial charge in [0, 0.05) is 61.3 Å². The summed E-state index contributed by atoms with van der Waals surface area (Å²) in [5, 5.41) is 206. The van der Waals surface area contributed by atoms with E-state index in [1.807, 2.05) is 103 Å². The molecule has 0 spiro atoms. The second-order valence-corrected chi connectivity index (χ2v) is 42.4.